The van der Waals surface area contributed by atoms with Crippen molar-refractivity contribution in [2.24, 2.45) is 23.5 Å². The Morgan fingerprint density at radius 3 is 2.68 bits per heavy atom. The summed E-state index contributed by atoms with van der Waals surface area (Å²) < 4.78 is 0. The SMILES string of the molecule is CC(C)CC(CN)C(=O)NCC1CCN(C2CC2)C1. The summed E-state index contributed by atoms with van der Waals surface area (Å²) in [5.41, 5.74) is 5.71. The molecule has 0 aromatic carbocycles. The quantitative estimate of drug-likeness (QED) is 0.729. The van der Waals surface area contributed by atoms with E-state index in [9.17, 15) is 4.79 Å². The van der Waals surface area contributed by atoms with Crippen LogP contribution in [0.25, 0.3) is 0 Å². The second-order valence-corrected chi connectivity index (χ2v) is 6.69. The molecule has 1 saturated heterocycles. The van der Waals surface area contributed by atoms with Gasteiger partial charge in [-0.05, 0) is 44.1 Å². The molecule has 110 valence electrons. The minimum atomic E-state index is -0.0130. The summed E-state index contributed by atoms with van der Waals surface area (Å²) >= 11 is 0. The van der Waals surface area contributed by atoms with Crippen LogP contribution in [0, 0.1) is 17.8 Å². The molecule has 0 aromatic heterocycles. The Bertz CT molecular complexity index is 302. The van der Waals surface area contributed by atoms with Crippen LogP contribution < -0.4 is 11.1 Å². The second-order valence-electron chi connectivity index (χ2n) is 6.69. The monoisotopic (exact) mass is 267 g/mol. The van der Waals surface area contributed by atoms with Gasteiger partial charge in [-0.2, -0.15) is 0 Å². The van der Waals surface area contributed by atoms with Crippen molar-refractivity contribution in [3.63, 3.8) is 0 Å². The van der Waals surface area contributed by atoms with Crippen LogP contribution in [0.1, 0.15) is 39.5 Å². The molecule has 4 heteroatoms. The molecule has 1 aliphatic heterocycles. The van der Waals surface area contributed by atoms with Crippen molar-refractivity contribution >= 4 is 5.91 Å². The van der Waals surface area contributed by atoms with Gasteiger partial charge in [0.25, 0.3) is 0 Å². The van der Waals surface area contributed by atoms with E-state index >= 15 is 0 Å². The molecule has 1 heterocycles. The lowest BCUT2D eigenvalue weighted by atomic mass is 9.96. The van der Waals surface area contributed by atoms with Crippen LogP contribution in [-0.2, 0) is 4.79 Å². The van der Waals surface area contributed by atoms with Gasteiger partial charge >= 0.3 is 0 Å². The maximum Gasteiger partial charge on any atom is 0.224 e. The first-order chi connectivity index (χ1) is 9.10. The van der Waals surface area contributed by atoms with Gasteiger partial charge < -0.3 is 16.0 Å². The minimum absolute atomic E-state index is 0.0130. The zero-order chi connectivity index (χ0) is 13.8. The molecular weight excluding hydrogens is 238 g/mol. The molecule has 0 radical (unpaired) electrons. The summed E-state index contributed by atoms with van der Waals surface area (Å²) in [6.45, 7) is 7.96. The molecule has 1 aliphatic carbocycles. The third-order valence-corrected chi connectivity index (χ3v) is 4.36. The Labute approximate surface area is 117 Å². The number of carbonyl (C=O) groups is 1. The van der Waals surface area contributed by atoms with Gasteiger partial charge in [-0.15, -0.1) is 0 Å². The van der Waals surface area contributed by atoms with Crippen LogP contribution in [0.5, 0.6) is 0 Å². The predicted octanol–water partition coefficient (Wildman–Crippen LogP) is 1.21. The predicted molar refractivity (Wildman–Crippen MR) is 77.7 cm³/mol. The molecule has 2 aliphatic rings. The van der Waals surface area contributed by atoms with Gasteiger partial charge in [0.1, 0.15) is 0 Å². The summed E-state index contributed by atoms with van der Waals surface area (Å²) in [5.74, 6) is 1.31. The molecule has 19 heavy (non-hydrogen) atoms. The fourth-order valence-corrected chi connectivity index (χ4v) is 3.07. The average molecular weight is 267 g/mol. The lowest BCUT2D eigenvalue weighted by molar-refractivity contribution is -0.125. The Kier molecular flexibility index (Phi) is 5.22. The first-order valence-corrected chi connectivity index (χ1v) is 7.82. The maximum atomic E-state index is 12.1. The third-order valence-electron chi connectivity index (χ3n) is 4.36. The van der Waals surface area contributed by atoms with E-state index in [2.05, 4.69) is 24.1 Å². The number of carbonyl (C=O) groups excluding carboxylic acids is 1. The highest BCUT2D eigenvalue weighted by Gasteiger charge is 2.34. The smallest absolute Gasteiger partial charge is 0.224 e. The van der Waals surface area contributed by atoms with Gasteiger partial charge in [0, 0.05) is 25.7 Å². The van der Waals surface area contributed by atoms with E-state index in [4.69, 9.17) is 5.73 Å². The van der Waals surface area contributed by atoms with Crippen LogP contribution in [0.15, 0.2) is 0 Å². The van der Waals surface area contributed by atoms with Gasteiger partial charge in [0.05, 0.1) is 5.92 Å². The lowest BCUT2D eigenvalue weighted by Gasteiger charge is -2.19. The summed E-state index contributed by atoms with van der Waals surface area (Å²) in [7, 11) is 0. The van der Waals surface area contributed by atoms with Crippen molar-refractivity contribution in [1.29, 1.82) is 0 Å². The molecule has 2 unspecified atom stereocenters. The van der Waals surface area contributed by atoms with Crippen molar-refractivity contribution in [1.82, 2.24) is 10.2 Å². The van der Waals surface area contributed by atoms with Crippen molar-refractivity contribution in [2.75, 3.05) is 26.2 Å². The highest BCUT2D eigenvalue weighted by atomic mass is 16.1. The molecule has 2 fully saturated rings. The number of amides is 1. The van der Waals surface area contributed by atoms with E-state index < -0.39 is 0 Å². The van der Waals surface area contributed by atoms with Gasteiger partial charge in [0.2, 0.25) is 5.91 Å². The molecule has 4 nitrogen and oxygen atoms in total. The topological polar surface area (TPSA) is 58.4 Å². The van der Waals surface area contributed by atoms with E-state index in [1.54, 1.807) is 0 Å². The second kappa shape index (κ2) is 6.71. The third kappa shape index (κ3) is 4.46. The fraction of sp³-hybridized carbons (Fsp3) is 0.933. The van der Waals surface area contributed by atoms with Crippen molar-refractivity contribution in [3.05, 3.63) is 0 Å². The maximum absolute atomic E-state index is 12.1. The Hall–Kier alpha value is -0.610. The van der Waals surface area contributed by atoms with Crippen molar-refractivity contribution < 1.29 is 4.79 Å². The number of nitrogens with zero attached hydrogens (tertiary/aromatic N) is 1. The van der Waals surface area contributed by atoms with Gasteiger partial charge in [-0.3, -0.25) is 4.79 Å². The summed E-state index contributed by atoms with van der Waals surface area (Å²) in [6, 6.07) is 0.860. The van der Waals surface area contributed by atoms with Crippen molar-refractivity contribution in [3.8, 4) is 0 Å². The van der Waals surface area contributed by atoms with E-state index in [1.165, 1.54) is 32.4 Å². The first kappa shape index (κ1) is 14.8. The number of rotatable bonds is 7. The van der Waals surface area contributed by atoms with Crippen LogP contribution in [0.4, 0.5) is 0 Å². The van der Waals surface area contributed by atoms with Crippen LogP contribution in [0.3, 0.4) is 0 Å². The van der Waals surface area contributed by atoms with E-state index in [-0.39, 0.29) is 11.8 Å². The van der Waals surface area contributed by atoms with Crippen molar-refractivity contribution in [2.45, 2.75) is 45.6 Å². The molecular formula is C15H29N3O. The Morgan fingerprint density at radius 2 is 2.11 bits per heavy atom. The highest BCUT2D eigenvalue weighted by molar-refractivity contribution is 5.78. The largest absolute Gasteiger partial charge is 0.355 e. The number of nitrogens with two attached hydrogens (primary N) is 1. The van der Waals surface area contributed by atoms with Gasteiger partial charge in [0.15, 0.2) is 0 Å². The standard InChI is InChI=1S/C15H29N3O/c1-11(2)7-13(8-16)15(19)17-9-12-5-6-18(10-12)14-3-4-14/h11-14H,3-10,16H2,1-2H3,(H,17,19). The van der Waals surface area contributed by atoms with Gasteiger partial charge in [-0.25, -0.2) is 0 Å². The fourth-order valence-electron chi connectivity index (χ4n) is 3.07. The molecule has 0 spiro atoms. The summed E-state index contributed by atoms with van der Waals surface area (Å²) in [6.07, 6.45) is 4.88. The minimum Gasteiger partial charge on any atom is -0.355 e. The number of hydrogen-bond acceptors (Lipinski definition) is 3. The van der Waals surface area contributed by atoms with Gasteiger partial charge in [-0.1, -0.05) is 13.8 Å². The summed E-state index contributed by atoms with van der Waals surface area (Å²) in [4.78, 5) is 14.7. The van der Waals surface area contributed by atoms with E-state index in [0.29, 0.717) is 18.4 Å². The zero-order valence-corrected chi connectivity index (χ0v) is 12.4. The Morgan fingerprint density at radius 1 is 1.37 bits per heavy atom. The molecule has 3 N–H and O–H groups in total. The molecule has 1 amide bonds. The van der Waals surface area contributed by atoms with E-state index in [0.717, 1.165) is 19.0 Å². The molecule has 2 atom stereocenters. The van der Waals surface area contributed by atoms with Crippen LogP contribution in [0.2, 0.25) is 0 Å². The number of nitrogens with one attached hydrogen (secondary N) is 1. The lowest BCUT2D eigenvalue weighted by Crippen LogP contribution is -2.38. The molecule has 0 bridgehead atoms. The summed E-state index contributed by atoms with van der Waals surface area (Å²) in [5, 5.41) is 3.12. The number of likely N-dealkylation sites (tertiary alicyclic amines) is 1. The molecule has 2 rings (SSSR count). The molecule has 1 saturated carbocycles. The highest BCUT2D eigenvalue weighted by Crippen LogP contribution is 2.31. The van der Waals surface area contributed by atoms with Crippen LogP contribution in [-0.4, -0.2) is 43.0 Å². The Balaban J connectivity index is 1.67. The van der Waals surface area contributed by atoms with Crippen LogP contribution >= 0.6 is 0 Å². The zero-order valence-electron chi connectivity index (χ0n) is 12.4. The normalized spacial score (nSPS) is 25.8. The average Bonchev–Trinajstić information content (AvgIpc) is 3.12. The number of hydrogen-bond donors (Lipinski definition) is 2. The molecule has 0 aromatic rings. The first-order valence-electron chi connectivity index (χ1n) is 7.82. The van der Waals surface area contributed by atoms with E-state index in [1.807, 2.05) is 0 Å².